The molecule has 6 unspecified atom stereocenters. The van der Waals surface area contributed by atoms with E-state index in [4.69, 9.17) is 58.6 Å². The average Bonchev–Trinajstić information content (AvgIpc) is 1.72. The number of H-pyrrole nitrogens is 6. The summed E-state index contributed by atoms with van der Waals surface area (Å²) >= 11 is 0. The molecule has 150 heavy (non-hydrogen) atoms. The van der Waals surface area contributed by atoms with Crippen LogP contribution in [0, 0.1) is 41.5 Å². The van der Waals surface area contributed by atoms with E-state index < -0.39 is 216 Å². The molecule has 0 saturated carbocycles. The maximum absolute atomic E-state index is 12.7. The summed E-state index contributed by atoms with van der Waals surface area (Å²) in [7, 11) is 0.442. The Morgan fingerprint density at radius 2 is 0.653 bits per heavy atom. The quantitative estimate of drug-likeness (QED) is 0.0126. The number of aryl methyl sites for hydroxylation is 6. The minimum Gasteiger partial charge on any atom is -0.481 e. The first-order valence-corrected chi connectivity index (χ1v) is 47.3. The minimum atomic E-state index is -1.19. The topological polar surface area (TPSA) is 774 Å². The van der Waals surface area contributed by atoms with Crippen LogP contribution in [0.25, 0.3) is 0 Å². The lowest BCUT2D eigenvalue weighted by atomic mass is 10.1. The number of carboxylic acid groups (broad SMARTS) is 1. The average molecular weight is 2110 g/mol. The predicted molar refractivity (Wildman–Crippen MR) is 503 cm³/mol. The van der Waals surface area contributed by atoms with Gasteiger partial charge in [0.05, 0.1) is 121 Å². The number of hydrogen-bond acceptors (Lipinski definition) is 40. The number of cyclic esters (lactones) is 2. The molecule has 0 radical (unpaired) electrons. The Morgan fingerprint density at radius 1 is 0.393 bits per heavy atom. The standard InChI is InChI=1S/C30H39N9O11.C29H36N8O12.C25H32N8O9.C4H4O3.CH3F/c1-5-19-18(8-23(48-19)37-11-15(2)26(42)33-28(37)44)39-13-17(35-36-39)10-32-30(46)47-14-21-20(50-25(41)7-6-22(40)31-4)9-24(49-21)38-12-16(3)27(43)34-29(38)45;1-4-18-17(7-21(47-18)35-10-14(2)25(41)31-27(35)43)37-12-16(33-34-37)9-30-29(45)46-13-20-19(49-24(40)6-5-23(38)39)8-22(48-20)36-11-15(3)26(42)32-28(36)44;1-4-17-15(5-19(41-17)31-8-12(2)21(35)27-23(31)37)33-10-14(29-30-33)7-26-25(39)40-11-18-16(34)6-20(42-18)32-9-13(3)22(36)28-24(32)38;5-3-1-2-4(6)7-3;1-2/h11-13,18-21,23-24H,5-10,14H2,1-4H3,(H,31,40)(H,32,46)(H,33,42,44)(H,34,43,45);10-12,17-22H,4-9,13H2,1-3H3,(H,30,45)(H,38,39)(H,31,41,43)(H,32,42,44);8-10,15-20,34H,4-7,11H2,1-3H3,(H,26,39)(H,27,35,37)(H,28,36,38);1-2H2;1H3/t18?,19-,20?,21-,23-,24-;17?,18-,19?,20-,21-,22-;15?,16?,17-,18-,19-,20-;;/m111../s1/i;;;;1D. The molecule has 0 bridgehead atoms. The number of aromatic nitrogens is 21. The van der Waals surface area contributed by atoms with Gasteiger partial charge in [-0.25, -0.2) is 57.2 Å². The van der Waals surface area contributed by atoms with Crippen molar-refractivity contribution >= 4 is 54.0 Å². The molecule has 0 spiro atoms. The molecule has 0 aliphatic carbocycles. The summed E-state index contributed by atoms with van der Waals surface area (Å²) in [6, 6.07) is -0.803. The SMILES string of the molecule is CC[C@H]1O[C@@H](n2cc(C)c(=O)[nH]c2=O)CC1n1cc(CNC(=O)OC[C@H]2O[C@@H](n3cc(C)c(=O)[nH]c3=O)CC2O)nn1.CC[C@H]1O[C@@H](n2cc(C)c(=O)[nH]c2=O)CC1n1cc(CNC(=O)OC[C@H]2O[C@@H](n3cc(C)c(=O)[nH]c3=O)CC2OC(=O)CCC(=O)NC)nn1.CC[C@H]1O[C@@H](n2cc(C)c(=O)[nH]c2=O)CC1n1cc(CNC(=O)OC[C@H]2O[C@@H](n3cc(C)c(=O)[nH]c3=O)CC2OC(=O)CCC(=O)O)nn1.O=C1CCC(=O)O1.[2H]CF. The number of carboxylic acids is 1. The molecule has 7 fully saturated rings. The van der Waals surface area contributed by atoms with E-state index in [1.807, 2.05) is 20.8 Å². The molecule has 812 valence electrons. The largest absolute Gasteiger partial charge is 0.481 e. The van der Waals surface area contributed by atoms with Crippen LogP contribution in [-0.4, -0.2) is 255 Å². The first-order valence-electron chi connectivity index (χ1n) is 48.0. The molecular formula is C89H114FN25O35. The second-order valence-corrected chi connectivity index (χ2v) is 35.5. The number of nitrogens with one attached hydrogen (secondary N) is 10. The maximum Gasteiger partial charge on any atom is 0.407 e. The van der Waals surface area contributed by atoms with E-state index in [1.54, 1.807) is 60.3 Å². The fourth-order valence-electron chi connectivity index (χ4n) is 16.9. The van der Waals surface area contributed by atoms with Crippen molar-refractivity contribution in [2.75, 3.05) is 34.0 Å². The number of carbonyl (C=O) groups excluding carboxylic acids is 8. The third-order valence-electron chi connectivity index (χ3n) is 24.9. The number of nitrogens with zero attached hydrogens (tertiary/aromatic N) is 15. The molecule has 7 saturated heterocycles. The molecule has 0 aromatic carbocycles. The van der Waals surface area contributed by atoms with Gasteiger partial charge >= 0.3 is 82.3 Å². The number of alkyl carbamates (subject to hydrolysis) is 3. The molecule has 12 N–H and O–H groups in total. The van der Waals surface area contributed by atoms with E-state index in [2.05, 4.69) is 86.8 Å². The molecule has 61 heteroatoms. The molecule has 9 aromatic heterocycles. The molecule has 7 aliphatic heterocycles. The van der Waals surface area contributed by atoms with Gasteiger partial charge in [0.1, 0.15) is 105 Å². The van der Waals surface area contributed by atoms with Crippen molar-refractivity contribution in [3.8, 4) is 0 Å². The van der Waals surface area contributed by atoms with Crippen molar-refractivity contribution < 1.29 is 116 Å². The van der Waals surface area contributed by atoms with Crippen LogP contribution >= 0.6 is 0 Å². The highest BCUT2D eigenvalue weighted by Gasteiger charge is 2.46. The molecule has 60 nitrogen and oxygen atoms in total. The van der Waals surface area contributed by atoms with E-state index >= 15 is 0 Å². The smallest absolute Gasteiger partial charge is 0.407 e. The summed E-state index contributed by atoms with van der Waals surface area (Å²) in [5.74, 6) is -3.83. The lowest BCUT2D eigenvalue weighted by Gasteiger charge is -2.19. The zero-order chi connectivity index (χ0) is 110. The van der Waals surface area contributed by atoms with E-state index in [-0.39, 0.29) is 131 Å². The van der Waals surface area contributed by atoms with Gasteiger partial charge in [-0.05, 0) is 60.8 Å². The van der Waals surface area contributed by atoms with Crippen LogP contribution in [0.2, 0.25) is 0 Å². The van der Waals surface area contributed by atoms with Crippen molar-refractivity contribution in [1.29, 1.82) is 0 Å². The Balaban J connectivity index is 0.000000192. The second kappa shape index (κ2) is 51.1. The number of aliphatic hydroxyl groups is 1. The number of amides is 4. The van der Waals surface area contributed by atoms with Gasteiger partial charge in [0, 0.05) is 123 Å². The third-order valence-corrected chi connectivity index (χ3v) is 24.9. The summed E-state index contributed by atoms with van der Waals surface area (Å²) in [5, 5.41) is 54.2. The number of ether oxygens (including phenoxy) is 12. The van der Waals surface area contributed by atoms with Crippen LogP contribution in [0.5, 0.6) is 0 Å². The fraction of sp³-hybridized carbons (Fsp3) is 0.562. The molecule has 9 aromatic rings. The number of alkyl halides is 1. The van der Waals surface area contributed by atoms with Crippen LogP contribution < -0.4 is 88.8 Å². The summed E-state index contributed by atoms with van der Waals surface area (Å²) in [6.07, 6.45) is 1.97. The molecule has 16 rings (SSSR count). The van der Waals surface area contributed by atoms with Crippen LogP contribution in [0.1, 0.15) is 224 Å². The lowest BCUT2D eigenvalue weighted by Crippen LogP contribution is -2.35. The van der Waals surface area contributed by atoms with Gasteiger partial charge in [-0.2, -0.15) is 0 Å². The zero-order valence-electron chi connectivity index (χ0n) is 83.6. The predicted octanol–water partition coefficient (Wildman–Crippen LogP) is -1.75. The second-order valence-electron chi connectivity index (χ2n) is 35.5. The Kier molecular flexibility index (Phi) is 37.8. The number of esters is 4. The van der Waals surface area contributed by atoms with Gasteiger partial charge in [0.2, 0.25) is 5.91 Å². The Labute approximate surface area is 844 Å². The van der Waals surface area contributed by atoms with Crippen molar-refractivity contribution in [2.45, 2.75) is 289 Å². The first-order chi connectivity index (χ1) is 71.9. The van der Waals surface area contributed by atoms with Gasteiger partial charge in [-0.15, -0.1) is 15.3 Å². The van der Waals surface area contributed by atoms with E-state index in [1.165, 1.54) is 76.3 Å². The minimum absolute atomic E-state index is 0.00789. The van der Waals surface area contributed by atoms with Crippen LogP contribution in [0.3, 0.4) is 0 Å². The molecular weight excluding hydrogens is 2000 g/mol. The molecule has 4 amide bonds. The van der Waals surface area contributed by atoms with Gasteiger partial charge in [-0.3, -0.25) is 119 Å². The molecule has 18 atom stereocenters. The van der Waals surface area contributed by atoms with Crippen LogP contribution in [0.4, 0.5) is 18.8 Å². The first kappa shape index (κ1) is 111. The number of carbonyl (C=O) groups is 9. The highest BCUT2D eigenvalue weighted by Crippen LogP contribution is 2.41. The van der Waals surface area contributed by atoms with Gasteiger partial charge in [-0.1, -0.05) is 36.4 Å². The zero-order valence-corrected chi connectivity index (χ0v) is 82.6. The number of aliphatic carboxylic acids is 1. The number of halogens is 1. The Bertz CT molecular complexity index is 7190. The summed E-state index contributed by atoms with van der Waals surface area (Å²) in [4.78, 5) is 263. The molecule has 16 heterocycles. The highest BCUT2D eigenvalue weighted by atomic mass is 19.1. The summed E-state index contributed by atoms with van der Waals surface area (Å²) in [6.45, 7) is 14.0. The van der Waals surface area contributed by atoms with Gasteiger partial charge in [0.25, 0.3) is 33.4 Å². The van der Waals surface area contributed by atoms with Gasteiger partial charge in [0.15, 0.2) is 0 Å². The van der Waals surface area contributed by atoms with Crippen molar-refractivity contribution in [3.05, 3.63) is 231 Å². The summed E-state index contributed by atoms with van der Waals surface area (Å²) < 4.78 is 94.6. The number of aliphatic hydroxyl groups excluding tert-OH is 1. The molecule has 7 aliphatic rings. The highest BCUT2D eigenvalue weighted by molar-refractivity contribution is 5.92. The Morgan fingerprint density at radius 3 is 0.920 bits per heavy atom. The number of hydrogen-bond donors (Lipinski definition) is 12. The van der Waals surface area contributed by atoms with E-state index in [9.17, 15) is 110 Å². The fourth-order valence-corrected chi connectivity index (χ4v) is 16.9. The number of rotatable bonds is 32. The van der Waals surface area contributed by atoms with E-state index in [0.717, 1.165) is 9.13 Å². The normalized spacial score (nSPS) is 23.5. The van der Waals surface area contributed by atoms with Crippen molar-refractivity contribution in [1.82, 2.24) is 124 Å². The van der Waals surface area contributed by atoms with Crippen LogP contribution in [0.15, 0.2) is 113 Å². The van der Waals surface area contributed by atoms with Crippen molar-refractivity contribution in [2.24, 2.45) is 0 Å². The monoisotopic (exact) mass is 2110 g/mol. The van der Waals surface area contributed by atoms with Crippen LogP contribution in [-0.2, 0) is 105 Å². The Hall–Kier alpha value is -16.0. The maximum atomic E-state index is 12.7. The summed E-state index contributed by atoms with van der Waals surface area (Å²) in [5.41, 5.74) is -3.69. The van der Waals surface area contributed by atoms with E-state index in [0.29, 0.717) is 77.9 Å². The van der Waals surface area contributed by atoms with Crippen molar-refractivity contribution in [3.63, 3.8) is 0 Å². The van der Waals surface area contributed by atoms with Gasteiger partial charge < -0.3 is 88.3 Å². The number of aromatic amines is 6. The lowest BCUT2D eigenvalue weighted by molar-refractivity contribution is -0.155. The third kappa shape index (κ3) is 28.9.